The summed E-state index contributed by atoms with van der Waals surface area (Å²) < 4.78 is 2.28. The molecule has 130 valence electrons. The third-order valence-corrected chi connectivity index (χ3v) is 5.72. The Balaban J connectivity index is 1.66. The lowest BCUT2D eigenvalue weighted by Crippen LogP contribution is -2.31. The highest BCUT2D eigenvalue weighted by Gasteiger charge is 2.35. The number of rotatable bonds is 3. The maximum Gasteiger partial charge on any atom is 0.204 e. The summed E-state index contributed by atoms with van der Waals surface area (Å²) in [6.45, 7) is 4.91. The van der Waals surface area contributed by atoms with Gasteiger partial charge in [-0.15, -0.1) is 10.2 Å². The van der Waals surface area contributed by atoms with Gasteiger partial charge in [0.2, 0.25) is 5.82 Å². The highest BCUT2D eigenvalue weighted by molar-refractivity contribution is 5.87. The van der Waals surface area contributed by atoms with Crippen molar-refractivity contribution in [3.8, 4) is 0 Å². The molecule has 0 spiro atoms. The van der Waals surface area contributed by atoms with Crippen LogP contribution in [0.1, 0.15) is 47.6 Å². The largest absolute Gasteiger partial charge is 0.383 e. The third-order valence-electron chi connectivity index (χ3n) is 5.72. The van der Waals surface area contributed by atoms with Gasteiger partial charge < -0.3 is 9.67 Å². The smallest absolute Gasteiger partial charge is 0.204 e. The number of aromatic nitrogens is 5. The highest BCUT2D eigenvalue weighted by Crippen LogP contribution is 2.43. The normalized spacial score (nSPS) is 21.4. The molecule has 2 atom stereocenters. The van der Waals surface area contributed by atoms with Crippen LogP contribution in [0.25, 0.3) is 10.9 Å². The summed E-state index contributed by atoms with van der Waals surface area (Å²) in [6, 6.07) is 7.16. The Labute approximate surface area is 145 Å². The van der Waals surface area contributed by atoms with E-state index in [4.69, 9.17) is 0 Å². The van der Waals surface area contributed by atoms with Gasteiger partial charge in [-0.05, 0) is 44.0 Å². The molecule has 2 aromatic heterocycles. The molecule has 3 aromatic rings. The van der Waals surface area contributed by atoms with Gasteiger partial charge in [-0.1, -0.05) is 16.8 Å². The average Bonchev–Trinajstić information content (AvgIpc) is 3.33. The van der Waals surface area contributed by atoms with E-state index in [1.807, 2.05) is 0 Å². The lowest BCUT2D eigenvalue weighted by atomic mass is 9.95. The predicted molar refractivity (Wildman–Crippen MR) is 93.1 cm³/mol. The molecular formula is C18H22N6O. The summed E-state index contributed by atoms with van der Waals surface area (Å²) in [5, 5.41) is 25.8. The van der Waals surface area contributed by atoms with Crippen LogP contribution in [0.5, 0.6) is 0 Å². The molecule has 7 heteroatoms. The molecule has 1 fully saturated rings. The number of aliphatic hydroxyl groups excluding tert-OH is 1. The summed E-state index contributed by atoms with van der Waals surface area (Å²) in [5.74, 6) is 0.348. The minimum atomic E-state index is -0.763. The molecule has 0 bridgehead atoms. The molecule has 5 rings (SSSR count). The summed E-state index contributed by atoms with van der Waals surface area (Å²) in [7, 11) is 0. The zero-order chi connectivity index (χ0) is 17.0. The van der Waals surface area contributed by atoms with Crippen LogP contribution < -0.4 is 0 Å². The first-order valence-corrected chi connectivity index (χ1v) is 8.99. The predicted octanol–water partition coefficient (Wildman–Crippen LogP) is 1.89. The van der Waals surface area contributed by atoms with E-state index in [1.54, 1.807) is 0 Å². The summed E-state index contributed by atoms with van der Waals surface area (Å²) in [5.41, 5.74) is 5.32. The Bertz CT molecular complexity index is 915. The van der Waals surface area contributed by atoms with E-state index in [0.717, 1.165) is 13.0 Å². The van der Waals surface area contributed by atoms with Crippen LogP contribution in [0.3, 0.4) is 0 Å². The van der Waals surface area contributed by atoms with Crippen molar-refractivity contribution in [2.45, 2.75) is 44.9 Å². The fourth-order valence-electron chi connectivity index (χ4n) is 4.63. The van der Waals surface area contributed by atoms with Crippen LogP contribution in [-0.4, -0.2) is 48.3 Å². The topological polar surface area (TPSA) is 82.9 Å². The molecule has 2 aliphatic rings. The molecular weight excluding hydrogens is 316 g/mol. The van der Waals surface area contributed by atoms with Gasteiger partial charge in [-0.25, -0.2) is 0 Å². The molecule has 0 radical (unpaired) electrons. The van der Waals surface area contributed by atoms with E-state index < -0.39 is 6.10 Å². The Morgan fingerprint density at radius 1 is 1.36 bits per heavy atom. The van der Waals surface area contributed by atoms with Gasteiger partial charge in [0.25, 0.3) is 0 Å². The zero-order valence-corrected chi connectivity index (χ0v) is 14.3. The quantitative estimate of drug-likeness (QED) is 0.762. The van der Waals surface area contributed by atoms with Gasteiger partial charge in [0.1, 0.15) is 6.10 Å². The lowest BCUT2D eigenvalue weighted by Gasteiger charge is -2.31. The number of aliphatic hydroxyl groups is 1. The Morgan fingerprint density at radius 3 is 3.12 bits per heavy atom. The van der Waals surface area contributed by atoms with E-state index >= 15 is 0 Å². The first-order valence-electron chi connectivity index (χ1n) is 8.99. The van der Waals surface area contributed by atoms with Crippen molar-refractivity contribution < 1.29 is 5.11 Å². The van der Waals surface area contributed by atoms with Crippen LogP contribution >= 0.6 is 0 Å². The summed E-state index contributed by atoms with van der Waals surface area (Å²) >= 11 is 0. The Hall–Kier alpha value is -2.25. The SMILES string of the molecule is Cc1ccc2c(c1)c1c(n2CC(O)c2nn[nH]n2)CCN2CCCC12. The number of aromatic amines is 1. The van der Waals surface area contributed by atoms with E-state index in [0.29, 0.717) is 18.4 Å². The van der Waals surface area contributed by atoms with Gasteiger partial charge in [-0.2, -0.15) is 5.21 Å². The first kappa shape index (κ1) is 15.0. The molecule has 0 aliphatic carbocycles. The second kappa shape index (κ2) is 5.64. The molecule has 2 unspecified atom stereocenters. The van der Waals surface area contributed by atoms with Gasteiger partial charge in [0, 0.05) is 35.6 Å². The zero-order valence-electron chi connectivity index (χ0n) is 14.3. The van der Waals surface area contributed by atoms with Crippen LogP contribution in [-0.2, 0) is 13.0 Å². The van der Waals surface area contributed by atoms with Gasteiger partial charge in [0.15, 0.2) is 0 Å². The number of tetrazole rings is 1. The highest BCUT2D eigenvalue weighted by atomic mass is 16.3. The van der Waals surface area contributed by atoms with Gasteiger partial charge >= 0.3 is 0 Å². The Kier molecular flexibility index (Phi) is 3.39. The minimum Gasteiger partial charge on any atom is -0.383 e. The van der Waals surface area contributed by atoms with Crippen molar-refractivity contribution in [2.24, 2.45) is 0 Å². The van der Waals surface area contributed by atoms with Crippen molar-refractivity contribution in [2.75, 3.05) is 13.1 Å². The van der Waals surface area contributed by atoms with Crippen molar-refractivity contribution in [1.82, 2.24) is 30.1 Å². The number of nitrogens with one attached hydrogen (secondary N) is 1. The molecule has 7 nitrogen and oxygen atoms in total. The van der Waals surface area contributed by atoms with Crippen LogP contribution in [0, 0.1) is 6.92 Å². The molecule has 0 amide bonds. The third kappa shape index (κ3) is 2.30. The Morgan fingerprint density at radius 2 is 2.28 bits per heavy atom. The van der Waals surface area contributed by atoms with Crippen molar-refractivity contribution in [3.05, 3.63) is 40.8 Å². The second-order valence-corrected chi connectivity index (χ2v) is 7.22. The van der Waals surface area contributed by atoms with E-state index in [2.05, 4.69) is 55.2 Å². The van der Waals surface area contributed by atoms with E-state index in [1.165, 1.54) is 47.1 Å². The maximum absolute atomic E-state index is 10.6. The number of hydrogen-bond donors (Lipinski definition) is 2. The number of nitrogens with zero attached hydrogens (tertiary/aromatic N) is 5. The number of aryl methyl sites for hydroxylation is 1. The van der Waals surface area contributed by atoms with Crippen LogP contribution in [0.2, 0.25) is 0 Å². The average molecular weight is 338 g/mol. The standard InChI is InChI=1S/C18H22N6O/c1-11-4-5-13-12(9-11)17-14-3-2-7-23(14)8-6-15(17)24(13)10-16(25)18-19-21-22-20-18/h4-5,9,14,16,25H,2-3,6-8,10H2,1H3,(H,19,20,21,22). The van der Waals surface area contributed by atoms with Crippen molar-refractivity contribution >= 4 is 10.9 Å². The second-order valence-electron chi connectivity index (χ2n) is 7.22. The van der Waals surface area contributed by atoms with Crippen molar-refractivity contribution in [1.29, 1.82) is 0 Å². The van der Waals surface area contributed by atoms with E-state index in [-0.39, 0.29) is 0 Å². The lowest BCUT2D eigenvalue weighted by molar-refractivity contribution is 0.146. The number of benzene rings is 1. The number of fused-ring (bicyclic) bond motifs is 5. The summed E-state index contributed by atoms with van der Waals surface area (Å²) in [4.78, 5) is 2.62. The molecule has 1 aromatic carbocycles. The molecule has 1 saturated heterocycles. The maximum atomic E-state index is 10.6. The molecule has 2 aliphatic heterocycles. The summed E-state index contributed by atoms with van der Waals surface area (Å²) in [6.07, 6.45) is 2.77. The number of H-pyrrole nitrogens is 1. The number of hydrogen-bond acceptors (Lipinski definition) is 5. The van der Waals surface area contributed by atoms with Gasteiger partial charge in [0.05, 0.1) is 6.54 Å². The van der Waals surface area contributed by atoms with E-state index in [9.17, 15) is 5.11 Å². The van der Waals surface area contributed by atoms with Crippen LogP contribution in [0.15, 0.2) is 18.2 Å². The molecule has 4 heterocycles. The fourth-order valence-corrected chi connectivity index (χ4v) is 4.63. The van der Waals surface area contributed by atoms with Gasteiger partial charge in [-0.3, -0.25) is 4.90 Å². The van der Waals surface area contributed by atoms with Crippen molar-refractivity contribution in [3.63, 3.8) is 0 Å². The molecule has 0 saturated carbocycles. The van der Waals surface area contributed by atoms with Crippen LogP contribution in [0.4, 0.5) is 0 Å². The first-order chi connectivity index (χ1) is 12.2. The molecule has 2 N–H and O–H groups in total. The molecule has 25 heavy (non-hydrogen) atoms. The minimum absolute atomic E-state index is 0.348. The fraction of sp³-hybridized carbons (Fsp3) is 0.500. The monoisotopic (exact) mass is 338 g/mol.